The maximum Gasteiger partial charge on any atom is 0.00772 e. The van der Waals surface area contributed by atoms with Crippen LogP contribution in [0.4, 0.5) is 0 Å². The number of hydrogen-bond donors (Lipinski definition) is 8. The van der Waals surface area contributed by atoms with Crippen molar-refractivity contribution in [3.05, 3.63) is 0 Å². The van der Waals surface area contributed by atoms with Gasteiger partial charge in [0.25, 0.3) is 0 Å². The zero-order chi connectivity index (χ0) is 17.0. The number of hydrogen-bond acceptors (Lipinski definition) is 8. The van der Waals surface area contributed by atoms with Crippen LogP contribution in [0.15, 0.2) is 0 Å². The zero-order valence-electron chi connectivity index (χ0n) is 15.3. The quantitative estimate of drug-likeness (QED) is 0.232. The first-order valence-electron chi connectivity index (χ1n) is 9.66. The molecule has 8 N–H and O–H groups in total. The Hall–Kier alpha value is -0.320. The average molecular weight is 345 g/mol. The molecule has 0 aromatic carbocycles. The second kappa shape index (κ2) is 19.0. The molecule has 0 bridgehead atoms. The van der Waals surface area contributed by atoms with Crippen molar-refractivity contribution >= 4 is 0 Å². The standard InChI is InChI=1S/C16H40N8/c1-2-18-5-6-20-9-10-22-13-14-24-16-15-23-12-11-21-8-7-19-4-3-17-1/h17-24H,1-16H2. The number of nitrogens with one attached hydrogen (secondary N) is 8. The molecule has 24 heavy (non-hydrogen) atoms. The minimum atomic E-state index is 1.03. The minimum absolute atomic E-state index is 1.03. The van der Waals surface area contributed by atoms with E-state index in [2.05, 4.69) is 42.5 Å². The van der Waals surface area contributed by atoms with E-state index in [1.54, 1.807) is 0 Å². The van der Waals surface area contributed by atoms with Crippen molar-refractivity contribution in [3.8, 4) is 0 Å². The lowest BCUT2D eigenvalue weighted by atomic mass is 10.4. The van der Waals surface area contributed by atoms with Crippen LogP contribution < -0.4 is 42.5 Å². The monoisotopic (exact) mass is 344 g/mol. The van der Waals surface area contributed by atoms with Crippen molar-refractivity contribution in [1.82, 2.24) is 42.5 Å². The van der Waals surface area contributed by atoms with Gasteiger partial charge in [-0.25, -0.2) is 0 Å². The smallest absolute Gasteiger partial charge is 0.00772 e. The summed E-state index contributed by atoms with van der Waals surface area (Å²) in [6.45, 7) is 16.4. The Balaban J connectivity index is 2.00. The van der Waals surface area contributed by atoms with E-state index < -0.39 is 0 Å². The molecule has 0 aromatic rings. The summed E-state index contributed by atoms with van der Waals surface area (Å²) < 4.78 is 0. The normalized spacial score (nSPS) is 24.0. The van der Waals surface area contributed by atoms with Gasteiger partial charge in [-0.2, -0.15) is 0 Å². The van der Waals surface area contributed by atoms with Gasteiger partial charge in [-0.15, -0.1) is 0 Å². The molecule has 0 radical (unpaired) electrons. The summed E-state index contributed by atoms with van der Waals surface area (Å²) in [6.07, 6.45) is 0. The second-order valence-corrected chi connectivity index (χ2v) is 6.00. The molecule has 0 amide bonds. The zero-order valence-corrected chi connectivity index (χ0v) is 15.3. The van der Waals surface area contributed by atoms with Crippen LogP contribution in [0.2, 0.25) is 0 Å². The van der Waals surface area contributed by atoms with E-state index in [1.165, 1.54) is 0 Å². The molecular weight excluding hydrogens is 304 g/mol. The van der Waals surface area contributed by atoms with Gasteiger partial charge in [-0.05, 0) is 0 Å². The highest BCUT2D eigenvalue weighted by atomic mass is 15.0. The van der Waals surface area contributed by atoms with Gasteiger partial charge in [-0.3, -0.25) is 0 Å². The van der Waals surface area contributed by atoms with Gasteiger partial charge in [0, 0.05) is 105 Å². The molecular formula is C16H40N8. The summed E-state index contributed by atoms with van der Waals surface area (Å²) in [5, 5.41) is 27.6. The predicted molar refractivity (Wildman–Crippen MR) is 103 cm³/mol. The molecule has 0 aliphatic carbocycles. The fourth-order valence-corrected chi connectivity index (χ4v) is 2.41. The van der Waals surface area contributed by atoms with Crippen LogP contribution >= 0.6 is 0 Å². The van der Waals surface area contributed by atoms with Crippen LogP contribution in [-0.4, -0.2) is 105 Å². The summed E-state index contributed by atoms with van der Waals surface area (Å²) in [4.78, 5) is 0. The summed E-state index contributed by atoms with van der Waals surface area (Å²) in [6, 6.07) is 0. The van der Waals surface area contributed by atoms with Crippen LogP contribution in [-0.2, 0) is 0 Å². The Morgan fingerprint density at radius 2 is 0.250 bits per heavy atom. The van der Waals surface area contributed by atoms with E-state index in [-0.39, 0.29) is 0 Å². The van der Waals surface area contributed by atoms with Gasteiger partial charge in [0.15, 0.2) is 0 Å². The van der Waals surface area contributed by atoms with Crippen LogP contribution in [0, 0.1) is 0 Å². The van der Waals surface area contributed by atoms with Crippen LogP contribution in [0.5, 0.6) is 0 Å². The van der Waals surface area contributed by atoms with Gasteiger partial charge in [0.1, 0.15) is 0 Å². The second-order valence-electron chi connectivity index (χ2n) is 6.00. The lowest BCUT2D eigenvalue weighted by molar-refractivity contribution is 0.534. The molecule has 0 atom stereocenters. The SMILES string of the molecule is C1CNCCNCCNCCNCCNCCNCCNCCN1. The summed E-state index contributed by atoms with van der Waals surface area (Å²) >= 11 is 0. The van der Waals surface area contributed by atoms with Crippen LogP contribution in [0.3, 0.4) is 0 Å². The van der Waals surface area contributed by atoms with E-state index in [0.29, 0.717) is 0 Å². The first-order chi connectivity index (χ1) is 12.0. The van der Waals surface area contributed by atoms with Gasteiger partial charge < -0.3 is 42.5 Å². The highest BCUT2D eigenvalue weighted by Gasteiger charge is 1.93. The topological polar surface area (TPSA) is 96.2 Å². The van der Waals surface area contributed by atoms with E-state index in [4.69, 9.17) is 0 Å². The first-order valence-corrected chi connectivity index (χ1v) is 9.66. The molecule has 8 nitrogen and oxygen atoms in total. The van der Waals surface area contributed by atoms with Crippen molar-refractivity contribution in [2.24, 2.45) is 0 Å². The molecule has 0 spiro atoms. The van der Waals surface area contributed by atoms with E-state index in [1.807, 2.05) is 0 Å². The van der Waals surface area contributed by atoms with E-state index in [0.717, 1.165) is 105 Å². The first kappa shape index (κ1) is 21.7. The number of rotatable bonds is 0. The Morgan fingerprint density at radius 3 is 0.333 bits per heavy atom. The van der Waals surface area contributed by atoms with E-state index in [9.17, 15) is 0 Å². The summed E-state index contributed by atoms with van der Waals surface area (Å²) in [5.74, 6) is 0. The fourth-order valence-electron chi connectivity index (χ4n) is 2.41. The summed E-state index contributed by atoms with van der Waals surface area (Å²) in [7, 11) is 0. The van der Waals surface area contributed by atoms with Gasteiger partial charge in [0.2, 0.25) is 0 Å². The molecule has 144 valence electrons. The van der Waals surface area contributed by atoms with Crippen molar-refractivity contribution in [2.75, 3.05) is 105 Å². The molecule has 8 heteroatoms. The van der Waals surface area contributed by atoms with Crippen molar-refractivity contribution in [3.63, 3.8) is 0 Å². The lowest BCUT2D eigenvalue weighted by Crippen LogP contribution is -2.39. The maximum atomic E-state index is 3.44. The Kier molecular flexibility index (Phi) is 17.2. The molecule has 0 unspecified atom stereocenters. The lowest BCUT2D eigenvalue weighted by Gasteiger charge is -2.11. The third kappa shape index (κ3) is 16.5. The largest absolute Gasteiger partial charge is 0.314 e. The van der Waals surface area contributed by atoms with Gasteiger partial charge in [-0.1, -0.05) is 0 Å². The highest BCUT2D eigenvalue weighted by molar-refractivity contribution is 4.60. The van der Waals surface area contributed by atoms with Crippen LogP contribution in [0.1, 0.15) is 0 Å². The molecule has 1 aliphatic heterocycles. The van der Waals surface area contributed by atoms with Crippen molar-refractivity contribution in [2.45, 2.75) is 0 Å². The molecule has 1 fully saturated rings. The fraction of sp³-hybridized carbons (Fsp3) is 1.00. The molecule has 1 heterocycles. The summed E-state index contributed by atoms with van der Waals surface area (Å²) in [5.41, 5.74) is 0. The molecule has 1 saturated heterocycles. The third-order valence-electron chi connectivity index (χ3n) is 3.83. The van der Waals surface area contributed by atoms with Gasteiger partial charge >= 0.3 is 0 Å². The molecule has 1 rings (SSSR count). The molecule has 0 aromatic heterocycles. The van der Waals surface area contributed by atoms with Crippen molar-refractivity contribution < 1.29 is 0 Å². The Labute approximate surface area is 148 Å². The Morgan fingerprint density at radius 1 is 0.167 bits per heavy atom. The molecule has 1 aliphatic rings. The molecule has 0 saturated carbocycles. The van der Waals surface area contributed by atoms with E-state index >= 15 is 0 Å². The maximum absolute atomic E-state index is 3.44. The average Bonchev–Trinajstić information content (AvgIpc) is 2.59. The third-order valence-corrected chi connectivity index (χ3v) is 3.83. The predicted octanol–water partition coefficient (Wildman–Crippen LogP) is -3.28. The van der Waals surface area contributed by atoms with Crippen molar-refractivity contribution in [1.29, 1.82) is 0 Å². The van der Waals surface area contributed by atoms with Crippen LogP contribution in [0.25, 0.3) is 0 Å². The Bertz CT molecular complexity index is 132. The highest BCUT2D eigenvalue weighted by Crippen LogP contribution is 1.67. The minimum Gasteiger partial charge on any atom is -0.314 e. The van der Waals surface area contributed by atoms with Gasteiger partial charge in [0.05, 0.1) is 0 Å².